The first-order valence-corrected chi connectivity index (χ1v) is 8.12. The Labute approximate surface area is 121 Å². The van der Waals surface area contributed by atoms with E-state index in [1.54, 1.807) is 0 Å². The van der Waals surface area contributed by atoms with Gasteiger partial charge in [0.25, 0.3) is 0 Å². The van der Waals surface area contributed by atoms with Gasteiger partial charge in [0.15, 0.2) is 0 Å². The number of hydrogen-bond acceptors (Lipinski definition) is 3. The SMILES string of the molecule is Cc1ccc(C(CN)N2CC(C)SC(C)C2)c(C)c1. The molecule has 1 aromatic rings. The molecule has 1 saturated heterocycles. The van der Waals surface area contributed by atoms with Gasteiger partial charge in [-0.3, -0.25) is 4.90 Å². The second-order valence-electron chi connectivity index (χ2n) is 5.82. The molecule has 19 heavy (non-hydrogen) atoms. The Kier molecular flexibility index (Phi) is 4.93. The predicted molar refractivity (Wildman–Crippen MR) is 85.8 cm³/mol. The molecule has 1 aliphatic rings. The topological polar surface area (TPSA) is 29.3 Å². The van der Waals surface area contributed by atoms with E-state index >= 15 is 0 Å². The lowest BCUT2D eigenvalue weighted by atomic mass is 9.97. The fraction of sp³-hybridized carbons (Fsp3) is 0.625. The third-order valence-electron chi connectivity index (χ3n) is 3.90. The molecule has 3 heteroatoms. The van der Waals surface area contributed by atoms with E-state index in [4.69, 9.17) is 5.73 Å². The van der Waals surface area contributed by atoms with Gasteiger partial charge in [0.05, 0.1) is 0 Å². The third-order valence-corrected chi connectivity index (χ3v) is 5.12. The van der Waals surface area contributed by atoms with Gasteiger partial charge in [0.1, 0.15) is 0 Å². The van der Waals surface area contributed by atoms with E-state index in [1.165, 1.54) is 16.7 Å². The lowest BCUT2D eigenvalue weighted by Crippen LogP contribution is -2.44. The largest absolute Gasteiger partial charge is 0.329 e. The molecular weight excluding hydrogens is 252 g/mol. The highest BCUT2D eigenvalue weighted by Gasteiger charge is 2.28. The Balaban J connectivity index is 2.23. The van der Waals surface area contributed by atoms with Crippen molar-refractivity contribution in [3.05, 3.63) is 34.9 Å². The second-order valence-corrected chi connectivity index (χ2v) is 7.70. The molecule has 0 radical (unpaired) electrons. The van der Waals surface area contributed by atoms with Crippen LogP contribution in [0.25, 0.3) is 0 Å². The summed E-state index contributed by atoms with van der Waals surface area (Å²) in [6.07, 6.45) is 0. The van der Waals surface area contributed by atoms with E-state index in [-0.39, 0.29) is 0 Å². The Hall–Kier alpha value is -0.510. The average Bonchev–Trinajstić information content (AvgIpc) is 2.31. The summed E-state index contributed by atoms with van der Waals surface area (Å²) in [7, 11) is 0. The molecular formula is C16H26N2S. The quantitative estimate of drug-likeness (QED) is 0.921. The van der Waals surface area contributed by atoms with Crippen molar-refractivity contribution in [2.45, 2.75) is 44.2 Å². The molecule has 0 aliphatic carbocycles. The maximum absolute atomic E-state index is 6.08. The molecule has 0 spiro atoms. The summed E-state index contributed by atoms with van der Waals surface area (Å²) in [6.45, 7) is 12.0. The zero-order valence-electron chi connectivity index (χ0n) is 12.5. The van der Waals surface area contributed by atoms with E-state index in [9.17, 15) is 0 Å². The van der Waals surface area contributed by atoms with Crippen molar-refractivity contribution < 1.29 is 0 Å². The highest BCUT2D eigenvalue weighted by Crippen LogP contribution is 2.31. The summed E-state index contributed by atoms with van der Waals surface area (Å²) in [4.78, 5) is 2.57. The van der Waals surface area contributed by atoms with Crippen molar-refractivity contribution >= 4 is 11.8 Å². The van der Waals surface area contributed by atoms with Crippen LogP contribution in [0.1, 0.15) is 36.6 Å². The van der Waals surface area contributed by atoms with E-state index in [0.29, 0.717) is 23.1 Å². The van der Waals surface area contributed by atoms with Crippen molar-refractivity contribution in [2.24, 2.45) is 5.73 Å². The number of nitrogens with zero attached hydrogens (tertiary/aromatic N) is 1. The fourth-order valence-corrected chi connectivity index (χ4v) is 4.49. The molecule has 0 bridgehead atoms. The van der Waals surface area contributed by atoms with Crippen molar-refractivity contribution in [3.63, 3.8) is 0 Å². The van der Waals surface area contributed by atoms with E-state index < -0.39 is 0 Å². The van der Waals surface area contributed by atoms with Gasteiger partial charge < -0.3 is 5.73 Å². The van der Waals surface area contributed by atoms with E-state index in [0.717, 1.165) is 13.1 Å². The molecule has 1 heterocycles. The van der Waals surface area contributed by atoms with Gasteiger partial charge >= 0.3 is 0 Å². The molecule has 0 saturated carbocycles. The first-order chi connectivity index (χ1) is 9.01. The number of rotatable bonds is 3. The predicted octanol–water partition coefficient (Wildman–Crippen LogP) is 3.13. The summed E-state index contributed by atoms with van der Waals surface area (Å²) in [5.74, 6) is 0. The Morgan fingerprint density at radius 3 is 2.42 bits per heavy atom. The van der Waals surface area contributed by atoms with Gasteiger partial charge in [-0.2, -0.15) is 11.8 Å². The highest BCUT2D eigenvalue weighted by molar-refractivity contribution is 8.00. The van der Waals surface area contributed by atoms with Crippen LogP contribution in [0.3, 0.4) is 0 Å². The minimum atomic E-state index is 0.367. The number of nitrogens with two attached hydrogens (primary N) is 1. The van der Waals surface area contributed by atoms with Crippen LogP contribution < -0.4 is 5.73 Å². The van der Waals surface area contributed by atoms with E-state index in [2.05, 4.69) is 62.6 Å². The molecule has 0 amide bonds. The molecule has 1 aromatic carbocycles. The average molecular weight is 278 g/mol. The molecule has 106 valence electrons. The standard InChI is InChI=1S/C16H26N2S/c1-11-5-6-15(12(2)7-11)16(8-17)18-9-13(3)19-14(4)10-18/h5-7,13-14,16H,8-10,17H2,1-4H3. The number of benzene rings is 1. The maximum Gasteiger partial charge on any atom is 0.0473 e. The zero-order valence-corrected chi connectivity index (χ0v) is 13.3. The zero-order chi connectivity index (χ0) is 14.0. The summed E-state index contributed by atoms with van der Waals surface area (Å²) in [6, 6.07) is 7.10. The summed E-state index contributed by atoms with van der Waals surface area (Å²) in [5.41, 5.74) is 10.2. The van der Waals surface area contributed by atoms with Gasteiger partial charge in [0, 0.05) is 36.2 Å². The van der Waals surface area contributed by atoms with Crippen molar-refractivity contribution in [3.8, 4) is 0 Å². The molecule has 2 nitrogen and oxygen atoms in total. The van der Waals surface area contributed by atoms with Crippen LogP contribution in [-0.4, -0.2) is 35.0 Å². The number of aryl methyl sites for hydroxylation is 2. The smallest absolute Gasteiger partial charge is 0.0473 e. The van der Waals surface area contributed by atoms with Gasteiger partial charge in [0.2, 0.25) is 0 Å². The Bertz CT molecular complexity index is 423. The van der Waals surface area contributed by atoms with Crippen LogP contribution in [0.2, 0.25) is 0 Å². The first-order valence-electron chi connectivity index (χ1n) is 7.18. The van der Waals surface area contributed by atoms with Crippen molar-refractivity contribution in [1.82, 2.24) is 4.90 Å². The van der Waals surface area contributed by atoms with Crippen LogP contribution in [0, 0.1) is 13.8 Å². The summed E-state index contributed by atoms with van der Waals surface area (Å²) < 4.78 is 0. The van der Waals surface area contributed by atoms with Crippen molar-refractivity contribution in [2.75, 3.05) is 19.6 Å². The first kappa shape index (κ1) is 14.9. The molecule has 2 rings (SSSR count). The maximum atomic E-state index is 6.08. The molecule has 3 atom stereocenters. The fourth-order valence-electron chi connectivity index (χ4n) is 3.14. The minimum Gasteiger partial charge on any atom is -0.329 e. The van der Waals surface area contributed by atoms with Gasteiger partial charge in [-0.05, 0) is 25.0 Å². The van der Waals surface area contributed by atoms with Crippen LogP contribution >= 0.6 is 11.8 Å². The summed E-state index contributed by atoms with van der Waals surface area (Å²) in [5, 5.41) is 1.40. The monoisotopic (exact) mass is 278 g/mol. The molecule has 3 unspecified atom stereocenters. The normalized spacial score (nSPS) is 26.4. The van der Waals surface area contributed by atoms with Crippen LogP contribution in [-0.2, 0) is 0 Å². The van der Waals surface area contributed by atoms with Crippen LogP contribution in [0.15, 0.2) is 18.2 Å². The minimum absolute atomic E-state index is 0.367. The number of thioether (sulfide) groups is 1. The molecule has 2 N–H and O–H groups in total. The Morgan fingerprint density at radius 2 is 1.89 bits per heavy atom. The van der Waals surface area contributed by atoms with Gasteiger partial charge in [-0.15, -0.1) is 0 Å². The lowest BCUT2D eigenvalue weighted by Gasteiger charge is -2.40. The van der Waals surface area contributed by atoms with Crippen molar-refractivity contribution in [1.29, 1.82) is 0 Å². The van der Waals surface area contributed by atoms with Gasteiger partial charge in [-0.1, -0.05) is 37.6 Å². The Morgan fingerprint density at radius 1 is 1.26 bits per heavy atom. The van der Waals surface area contributed by atoms with Crippen LogP contribution in [0.4, 0.5) is 0 Å². The third kappa shape index (κ3) is 3.53. The molecule has 1 aliphatic heterocycles. The van der Waals surface area contributed by atoms with Gasteiger partial charge in [-0.25, -0.2) is 0 Å². The highest BCUT2D eigenvalue weighted by atomic mass is 32.2. The molecule has 0 aromatic heterocycles. The number of hydrogen-bond donors (Lipinski definition) is 1. The van der Waals surface area contributed by atoms with Crippen LogP contribution in [0.5, 0.6) is 0 Å². The summed E-state index contributed by atoms with van der Waals surface area (Å²) >= 11 is 2.09. The second kappa shape index (κ2) is 6.29. The lowest BCUT2D eigenvalue weighted by molar-refractivity contribution is 0.199. The molecule has 1 fully saturated rings. The van der Waals surface area contributed by atoms with E-state index in [1.807, 2.05) is 0 Å².